The molecule has 3 atom stereocenters. The van der Waals surface area contributed by atoms with Crippen LogP contribution in [0, 0.1) is 18.8 Å². The number of benzene rings is 1. The molecule has 1 heterocycles. The number of fused-ring (bicyclic) bond motifs is 1. The molecule has 21 heavy (non-hydrogen) atoms. The molecule has 0 radical (unpaired) electrons. The molecule has 0 amide bonds. The summed E-state index contributed by atoms with van der Waals surface area (Å²) >= 11 is 0. The van der Waals surface area contributed by atoms with Gasteiger partial charge in [0.05, 0.1) is 6.10 Å². The van der Waals surface area contributed by atoms with Gasteiger partial charge in [-0.3, -0.25) is 0 Å². The monoisotopic (exact) mass is 288 g/mol. The van der Waals surface area contributed by atoms with Gasteiger partial charge in [-0.2, -0.15) is 0 Å². The van der Waals surface area contributed by atoms with Gasteiger partial charge in [0.15, 0.2) is 0 Å². The van der Waals surface area contributed by atoms with E-state index in [2.05, 4.69) is 32.9 Å². The second-order valence-electron chi connectivity index (χ2n) is 7.48. The Morgan fingerprint density at radius 1 is 1.24 bits per heavy atom. The molecule has 0 aromatic heterocycles. The molecule has 1 N–H and O–H groups in total. The highest BCUT2D eigenvalue weighted by atomic mass is 16.5. The number of aliphatic hydroxyl groups excluding tert-OH is 1. The molecule has 2 nitrogen and oxygen atoms in total. The number of aliphatic hydroxyl groups is 1. The third kappa shape index (κ3) is 2.96. The van der Waals surface area contributed by atoms with E-state index in [0.29, 0.717) is 0 Å². The molecule has 1 aromatic rings. The maximum absolute atomic E-state index is 10.6. The van der Waals surface area contributed by atoms with E-state index in [1.54, 1.807) is 0 Å². The summed E-state index contributed by atoms with van der Waals surface area (Å²) in [7, 11) is 0. The summed E-state index contributed by atoms with van der Waals surface area (Å²) in [5.41, 5.74) is 2.03. The normalized spacial score (nSPS) is 32.6. The Morgan fingerprint density at radius 2 is 2.05 bits per heavy atom. The molecule has 1 fully saturated rings. The Hall–Kier alpha value is -1.02. The largest absolute Gasteiger partial charge is 0.487 e. The minimum atomic E-state index is -0.371. The van der Waals surface area contributed by atoms with Crippen LogP contribution in [0.25, 0.3) is 0 Å². The molecule has 1 aromatic carbocycles. The van der Waals surface area contributed by atoms with Crippen LogP contribution in [0.3, 0.4) is 0 Å². The Labute approximate surface area is 128 Å². The maximum atomic E-state index is 10.6. The van der Waals surface area contributed by atoms with Gasteiger partial charge in [0.2, 0.25) is 0 Å². The van der Waals surface area contributed by atoms with Crippen molar-refractivity contribution in [1.29, 1.82) is 0 Å². The van der Waals surface area contributed by atoms with Crippen LogP contribution in [-0.2, 0) is 0 Å². The molecular formula is C19H28O2. The van der Waals surface area contributed by atoms with Crippen molar-refractivity contribution < 1.29 is 9.84 Å². The van der Waals surface area contributed by atoms with Gasteiger partial charge >= 0.3 is 0 Å². The van der Waals surface area contributed by atoms with Crippen molar-refractivity contribution in [2.75, 3.05) is 0 Å². The van der Waals surface area contributed by atoms with Gasteiger partial charge in [-0.15, -0.1) is 0 Å². The third-order valence-corrected chi connectivity index (χ3v) is 5.54. The van der Waals surface area contributed by atoms with E-state index in [-0.39, 0.29) is 11.7 Å². The fraction of sp³-hybridized carbons (Fsp3) is 0.684. The van der Waals surface area contributed by atoms with Gasteiger partial charge < -0.3 is 9.84 Å². The summed E-state index contributed by atoms with van der Waals surface area (Å²) in [5.74, 6) is 2.47. The number of hydrogen-bond donors (Lipinski definition) is 1. The zero-order valence-electron chi connectivity index (χ0n) is 13.6. The minimum absolute atomic E-state index is 0.134. The lowest BCUT2D eigenvalue weighted by molar-refractivity contribution is -0.0254. The minimum Gasteiger partial charge on any atom is -0.487 e. The van der Waals surface area contributed by atoms with Crippen LogP contribution in [0.1, 0.15) is 69.6 Å². The van der Waals surface area contributed by atoms with Gasteiger partial charge in [0.25, 0.3) is 0 Å². The Balaban J connectivity index is 1.82. The third-order valence-electron chi connectivity index (χ3n) is 5.54. The predicted molar refractivity (Wildman–Crippen MR) is 85.5 cm³/mol. The van der Waals surface area contributed by atoms with E-state index >= 15 is 0 Å². The average Bonchev–Trinajstić information content (AvgIpc) is 2.63. The number of rotatable bonds is 1. The molecule has 2 aliphatic rings. The number of ether oxygens (including phenoxy) is 1. The van der Waals surface area contributed by atoms with Gasteiger partial charge in [-0.25, -0.2) is 0 Å². The van der Waals surface area contributed by atoms with E-state index in [0.717, 1.165) is 42.4 Å². The second-order valence-corrected chi connectivity index (χ2v) is 7.48. The van der Waals surface area contributed by atoms with Crippen LogP contribution in [0.2, 0.25) is 0 Å². The molecule has 1 aliphatic heterocycles. The zero-order chi connectivity index (χ0) is 15.0. The quantitative estimate of drug-likeness (QED) is 0.805. The fourth-order valence-corrected chi connectivity index (χ4v) is 4.14. The van der Waals surface area contributed by atoms with Crippen molar-refractivity contribution in [2.45, 2.75) is 71.0 Å². The summed E-state index contributed by atoms with van der Waals surface area (Å²) in [6.07, 6.45) is 6.31. The van der Waals surface area contributed by atoms with Crippen LogP contribution >= 0.6 is 0 Å². The van der Waals surface area contributed by atoms with Gasteiger partial charge in [-0.05, 0) is 56.6 Å². The molecule has 1 spiro atoms. The average molecular weight is 288 g/mol. The molecule has 0 bridgehead atoms. The lowest BCUT2D eigenvalue weighted by Crippen LogP contribution is -2.40. The van der Waals surface area contributed by atoms with Crippen molar-refractivity contribution in [3.8, 4) is 5.75 Å². The van der Waals surface area contributed by atoms with Gasteiger partial charge in [0, 0.05) is 12.0 Å². The second kappa shape index (κ2) is 5.64. The summed E-state index contributed by atoms with van der Waals surface area (Å²) in [6, 6.07) is 6.19. The molecule has 0 saturated heterocycles. The highest BCUT2D eigenvalue weighted by Crippen LogP contribution is 2.47. The SMILES string of the molecule is Cc1ccc2c(c1)[C@H](O)CC1(CCCC(C(C)C)CC1)O2. The highest BCUT2D eigenvalue weighted by molar-refractivity contribution is 5.40. The lowest BCUT2D eigenvalue weighted by atomic mass is 9.82. The van der Waals surface area contributed by atoms with Crippen molar-refractivity contribution >= 4 is 0 Å². The van der Waals surface area contributed by atoms with Gasteiger partial charge in [-0.1, -0.05) is 31.9 Å². The van der Waals surface area contributed by atoms with E-state index in [9.17, 15) is 5.11 Å². The summed E-state index contributed by atoms with van der Waals surface area (Å²) in [6.45, 7) is 6.73. The fourth-order valence-electron chi connectivity index (χ4n) is 4.14. The Bertz CT molecular complexity index is 508. The molecular weight excluding hydrogens is 260 g/mol. The predicted octanol–water partition coefficient (Wildman–Crippen LogP) is 4.79. The molecule has 1 aliphatic carbocycles. The van der Waals surface area contributed by atoms with E-state index < -0.39 is 0 Å². The van der Waals surface area contributed by atoms with Crippen LogP contribution in [0.4, 0.5) is 0 Å². The van der Waals surface area contributed by atoms with Gasteiger partial charge in [0.1, 0.15) is 11.4 Å². The first-order valence-electron chi connectivity index (χ1n) is 8.47. The summed E-state index contributed by atoms with van der Waals surface area (Å²) < 4.78 is 6.43. The molecule has 3 rings (SSSR count). The first-order valence-corrected chi connectivity index (χ1v) is 8.47. The van der Waals surface area contributed by atoms with Crippen molar-refractivity contribution in [3.05, 3.63) is 29.3 Å². The first kappa shape index (κ1) is 14.9. The maximum Gasteiger partial charge on any atom is 0.125 e. The van der Waals surface area contributed by atoms with E-state index in [1.165, 1.54) is 24.8 Å². The van der Waals surface area contributed by atoms with Crippen molar-refractivity contribution in [1.82, 2.24) is 0 Å². The van der Waals surface area contributed by atoms with Crippen molar-refractivity contribution in [3.63, 3.8) is 0 Å². The van der Waals surface area contributed by atoms with Crippen LogP contribution in [-0.4, -0.2) is 10.7 Å². The summed E-state index contributed by atoms with van der Waals surface area (Å²) in [5, 5.41) is 10.6. The molecule has 116 valence electrons. The van der Waals surface area contributed by atoms with Crippen LogP contribution in [0.5, 0.6) is 5.75 Å². The smallest absolute Gasteiger partial charge is 0.125 e. The highest BCUT2D eigenvalue weighted by Gasteiger charge is 2.41. The van der Waals surface area contributed by atoms with Crippen molar-refractivity contribution in [2.24, 2.45) is 11.8 Å². The van der Waals surface area contributed by atoms with E-state index in [4.69, 9.17) is 4.74 Å². The van der Waals surface area contributed by atoms with Crippen LogP contribution in [0.15, 0.2) is 18.2 Å². The van der Waals surface area contributed by atoms with E-state index in [1.807, 2.05) is 6.07 Å². The topological polar surface area (TPSA) is 29.5 Å². The molecule has 2 heteroatoms. The zero-order valence-corrected chi connectivity index (χ0v) is 13.6. The molecule has 1 saturated carbocycles. The summed E-state index contributed by atoms with van der Waals surface area (Å²) in [4.78, 5) is 0. The van der Waals surface area contributed by atoms with Crippen LogP contribution < -0.4 is 4.74 Å². The Morgan fingerprint density at radius 3 is 2.81 bits per heavy atom. The lowest BCUT2D eigenvalue weighted by Gasteiger charge is -2.40. The Kier molecular flexibility index (Phi) is 4.00. The molecule has 2 unspecified atom stereocenters. The first-order chi connectivity index (χ1) is 9.99. The number of hydrogen-bond acceptors (Lipinski definition) is 2. The number of aryl methyl sites for hydroxylation is 1. The standard InChI is InChI=1S/C19H28O2/c1-13(2)15-5-4-9-19(10-8-15)12-17(20)16-11-14(3)6-7-18(16)21-19/h6-7,11,13,15,17,20H,4-5,8-10,12H2,1-3H3/t15?,17-,19?/m1/s1.